The zero-order valence-corrected chi connectivity index (χ0v) is 11.8. The molecule has 20 heavy (non-hydrogen) atoms. The van der Waals surface area contributed by atoms with E-state index in [2.05, 4.69) is 19.3 Å². The lowest BCUT2D eigenvalue weighted by molar-refractivity contribution is -0.148. The maximum absolute atomic E-state index is 12.6. The van der Waals surface area contributed by atoms with Crippen molar-refractivity contribution < 1.29 is 14.4 Å². The molecule has 0 aromatic carbocycles. The molecule has 5 rings (SSSR count). The first-order valence-corrected chi connectivity index (χ1v) is 7.25. The minimum Gasteiger partial charge on any atom is -0.274 e. The summed E-state index contributed by atoms with van der Waals surface area (Å²) < 4.78 is 0. The SMILES string of the molecule is CC(=O)NN1C(=O)[C@@H]2C3C(C)=C(C)C(C4CC43)[C@@H]2C1=O. The maximum atomic E-state index is 12.6. The molecule has 4 unspecified atom stereocenters. The summed E-state index contributed by atoms with van der Waals surface area (Å²) in [6, 6.07) is 0. The number of imide groups is 1. The molecule has 0 radical (unpaired) electrons. The van der Waals surface area contributed by atoms with Crippen LogP contribution in [-0.4, -0.2) is 22.7 Å². The molecule has 3 amide bonds. The molecule has 6 atom stereocenters. The minimum atomic E-state index is -0.371. The van der Waals surface area contributed by atoms with E-state index in [0.717, 1.165) is 11.4 Å². The Morgan fingerprint density at radius 2 is 1.45 bits per heavy atom. The maximum Gasteiger partial charge on any atom is 0.252 e. The summed E-state index contributed by atoms with van der Waals surface area (Å²) in [6.07, 6.45) is 1.15. The predicted octanol–water partition coefficient (Wildman–Crippen LogP) is 0.871. The molecule has 1 heterocycles. The Morgan fingerprint density at radius 1 is 1.00 bits per heavy atom. The second kappa shape index (κ2) is 3.51. The van der Waals surface area contributed by atoms with Crippen LogP contribution in [0.4, 0.5) is 0 Å². The Bertz CT molecular complexity index is 552. The Morgan fingerprint density at radius 3 is 1.85 bits per heavy atom. The van der Waals surface area contributed by atoms with Crippen molar-refractivity contribution in [3.63, 3.8) is 0 Å². The lowest BCUT2D eigenvalue weighted by Crippen LogP contribution is -2.46. The third-order valence-electron chi connectivity index (χ3n) is 5.88. The lowest BCUT2D eigenvalue weighted by atomic mass is 9.57. The first-order valence-electron chi connectivity index (χ1n) is 7.25. The fourth-order valence-electron chi connectivity index (χ4n) is 5.04. The lowest BCUT2D eigenvalue weighted by Gasteiger charge is -2.44. The number of carbonyl (C=O) groups excluding carboxylic acids is 3. The quantitative estimate of drug-likeness (QED) is 0.570. The van der Waals surface area contributed by atoms with Gasteiger partial charge in [0.15, 0.2) is 0 Å². The van der Waals surface area contributed by atoms with E-state index in [-0.39, 0.29) is 41.4 Å². The van der Waals surface area contributed by atoms with Crippen LogP contribution in [0.25, 0.3) is 0 Å². The van der Waals surface area contributed by atoms with Gasteiger partial charge in [-0.25, -0.2) is 0 Å². The van der Waals surface area contributed by atoms with Crippen LogP contribution in [0, 0.1) is 35.5 Å². The first kappa shape index (κ1) is 12.1. The Hall–Kier alpha value is -1.65. The van der Waals surface area contributed by atoms with Crippen molar-refractivity contribution in [1.29, 1.82) is 0 Å². The van der Waals surface area contributed by atoms with Gasteiger partial charge < -0.3 is 0 Å². The van der Waals surface area contributed by atoms with Gasteiger partial charge in [-0.15, -0.1) is 0 Å². The van der Waals surface area contributed by atoms with Gasteiger partial charge in [0.05, 0.1) is 11.8 Å². The summed E-state index contributed by atoms with van der Waals surface area (Å²) in [5, 5.41) is 0.980. The van der Waals surface area contributed by atoms with E-state index < -0.39 is 0 Å². The Labute approximate surface area is 117 Å². The van der Waals surface area contributed by atoms with Gasteiger partial charge >= 0.3 is 0 Å². The van der Waals surface area contributed by atoms with Crippen LogP contribution in [0.15, 0.2) is 11.1 Å². The van der Waals surface area contributed by atoms with Crippen LogP contribution in [-0.2, 0) is 14.4 Å². The van der Waals surface area contributed by atoms with Gasteiger partial charge in [-0.2, -0.15) is 5.01 Å². The molecule has 5 aliphatic rings. The molecule has 2 bridgehead atoms. The van der Waals surface area contributed by atoms with E-state index in [1.807, 2.05) is 0 Å². The number of allylic oxidation sites excluding steroid dienone is 2. The zero-order valence-electron chi connectivity index (χ0n) is 11.8. The van der Waals surface area contributed by atoms with E-state index in [9.17, 15) is 14.4 Å². The number of nitrogens with zero attached hydrogens (tertiary/aromatic N) is 1. The van der Waals surface area contributed by atoms with Crippen molar-refractivity contribution >= 4 is 17.7 Å². The summed E-state index contributed by atoms with van der Waals surface area (Å²) in [5.74, 6) is 0.320. The van der Waals surface area contributed by atoms with Crippen molar-refractivity contribution in [2.45, 2.75) is 27.2 Å². The van der Waals surface area contributed by atoms with Crippen LogP contribution >= 0.6 is 0 Å². The van der Waals surface area contributed by atoms with Crippen molar-refractivity contribution in [3.05, 3.63) is 11.1 Å². The Kier molecular flexibility index (Phi) is 2.13. The molecule has 3 fully saturated rings. The fourth-order valence-corrected chi connectivity index (χ4v) is 5.04. The monoisotopic (exact) mass is 274 g/mol. The van der Waals surface area contributed by atoms with Crippen molar-refractivity contribution in [2.75, 3.05) is 0 Å². The molecule has 0 aromatic rings. The molecule has 2 saturated carbocycles. The van der Waals surface area contributed by atoms with Gasteiger partial charge in [0, 0.05) is 6.92 Å². The highest BCUT2D eigenvalue weighted by Gasteiger charge is 2.69. The third-order valence-corrected chi connectivity index (χ3v) is 5.88. The van der Waals surface area contributed by atoms with E-state index in [1.54, 1.807) is 0 Å². The second-order valence-electron chi connectivity index (χ2n) is 6.71. The van der Waals surface area contributed by atoms with Gasteiger partial charge in [-0.3, -0.25) is 19.8 Å². The summed E-state index contributed by atoms with van der Waals surface area (Å²) in [4.78, 5) is 36.3. The molecule has 1 N–H and O–H groups in total. The van der Waals surface area contributed by atoms with E-state index in [0.29, 0.717) is 11.8 Å². The molecule has 5 nitrogen and oxygen atoms in total. The molecular formula is C15H18N2O3. The molecule has 106 valence electrons. The number of rotatable bonds is 1. The first-order chi connectivity index (χ1) is 9.43. The van der Waals surface area contributed by atoms with Crippen LogP contribution in [0.2, 0.25) is 0 Å². The topological polar surface area (TPSA) is 66.5 Å². The highest BCUT2D eigenvalue weighted by molar-refractivity contribution is 6.07. The number of amides is 3. The van der Waals surface area contributed by atoms with Crippen LogP contribution < -0.4 is 5.43 Å². The normalized spacial score (nSPS) is 44.6. The van der Waals surface area contributed by atoms with E-state index in [4.69, 9.17) is 0 Å². The molecule has 0 spiro atoms. The van der Waals surface area contributed by atoms with Crippen molar-refractivity contribution in [3.8, 4) is 0 Å². The van der Waals surface area contributed by atoms with Crippen LogP contribution in [0.5, 0.6) is 0 Å². The molecule has 4 aliphatic carbocycles. The van der Waals surface area contributed by atoms with Gasteiger partial charge in [0.25, 0.3) is 11.8 Å². The smallest absolute Gasteiger partial charge is 0.252 e. The second-order valence-corrected chi connectivity index (χ2v) is 6.71. The number of nitrogens with one attached hydrogen (secondary N) is 1. The van der Waals surface area contributed by atoms with Crippen LogP contribution in [0.3, 0.4) is 0 Å². The molecular weight excluding hydrogens is 256 g/mol. The molecule has 0 aromatic heterocycles. The molecule has 1 aliphatic heterocycles. The molecule has 1 saturated heterocycles. The highest BCUT2D eigenvalue weighted by Crippen LogP contribution is 2.69. The standard InChI is InChI=1S/C15H18N2O3/c1-5-6(2)11-9-4-8(9)10(5)12-13(11)15(20)17(14(12)19)16-7(3)18/h8-13H,4H2,1-3H3,(H,16,18)/t8?,9?,10?,11?,12-,13+. The predicted molar refractivity (Wildman–Crippen MR) is 69.6 cm³/mol. The van der Waals surface area contributed by atoms with Crippen molar-refractivity contribution in [1.82, 2.24) is 10.4 Å². The fraction of sp³-hybridized carbons (Fsp3) is 0.667. The summed E-state index contributed by atoms with van der Waals surface area (Å²) in [6.45, 7) is 5.54. The van der Waals surface area contributed by atoms with Crippen LogP contribution in [0.1, 0.15) is 27.2 Å². The number of carbonyl (C=O) groups is 3. The largest absolute Gasteiger partial charge is 0.274 e. The van der Waals surface area contributed by atoms with Gasteiger partial charge in [0.1, 0.15) is 0 Å². The van der Waals surface area contributed by atoms with E-state index in [1.165, 1.54) is 18.1 Å². The van der Waals surface area contributed by atoms with Gasteiger partial charge in [0.2, 0.25) is 5.91 Å². The summed E-state index contributed by atoms with van der Waals surface area (Å²) >= 11 is 0. The average Bonchev–Trinajstić information content (AvgIpc) is 3.13. The summed E-state index contributed by atoms with van der Waals surface area (Å²) in [7, 11) is 0. The van der Waals surface area contributed by atoms with Crippen molar-refractivity contribution in [2.24, 2.45) is 35.5 Å². The summed E-state index contributed by atoms with van der Waals surface area (Å²) in [5.41, 5.74) is 5.02. The highest BCUT2D eigenvalue weighted by atomic mass is 16.2. The molecule has 5 heteroatoms. The number of hydrazine groups is 1. The van der Waals surface area contributed by atoms with E-state index >= 15 is 0 Å². The zero-order chi connectivity index (χ0) is 14.3. The van der Waals surface area contributed by atoms with Gasteiger partial charge in [-0.1, -0.05) is 11.1 Å². The number of hydrogen-bond donors (Lipinski definition) is 1. The number of hydrogen-bond acceptors (Lipinski definition) is 3. The van der Waals surface area contributed by atoms with Gasteiger partial charge in [-0.05, 0) is 43.9 Å². The average molecular weight is 274 g/mol. The minimum absolute atomic E-state index is 0.206. The third kappa shape index (κ3) is 1.21. The Balaban J connectivity index is 1.78.